The predicted molar refractivity (Wildman–Crippen MR) is 46.4 cm³/mol. The number of hydrogen-bond acceptors (Lipinski definition) is 1. The van der Waals surface area contributed by atoms with Crippen LogP contribution in [0, 0.1) is 11.6 Å². The van der Waals surface area contributed by atoms with Gasteiger partial charge in [0.05, 0.1) is 0 Å². The fourth-order valence-corrected chi connectivity index (χ4v) is 1.65. The standard InChI is InChI=1S/C10H11F2N/c11-9-4-7-2-1-3-13-6-8(7)5-10(9)12/h4-5,13H,1-3,6H2. The summed E-state index contributed by atoms with van der Waals surface area (Å²) in [4.78, 5) is 0. The second-order valence-corrected chi connectivity index (χ2v) is 3.32. The van der Waals surface area contributed by atoms with E-state index < -0.39 is 11.6 Å². The second-order valence-electron chi connectivity index (χ2n) is 3.32. The maximum Gasteiger partial charge on any atom is 0.159 e. The van der Waals surface area contributed by atoms with Crippen LogP contribution in [0.2, 0.25) is 0 Å². The number of fused-ring (bicyclic) bond motifs is 1. The predicted octanol–water partition coefficient (Wildman–Crippen LogP) is 2.00. The van der Waals surface area contributed by atoms with Gasteiger partial charge in [-0.1, -0.05) is 0 Å². The van der Waals surface area contributed by atoms with Crippen molar-refractivity contribution in [1.29, 1.82) is 0 Å². The van der Waals surface area contributed by atoms with Crippen molar-refractivity contribution in [3.63, 3.8) is 0 Å². The molecule has 2 rings (SSSR count). The lowest BCUT2D eigenvalue weighted by atomic mass is 10.0. The van der Waals surface area contributed by atoms with Crippen molar-refractivity contribution in [2.24, 2.45) is 0 Å². The summed E-state index contributed by atoms with van der Waals surface area (Å²) >= 11 is 0. The topological polar surface area (TPSA) is 12.0 Å². The first kappa shape index (κ1) is 8.63. The van der Waals surface area contributed by atoms with Crippen molar-refractivity contribution in [2.75, 3.05) is 6.54 Å². The molecule has 70 valence electrons. The number of halogens is 2. The molecule has 1 aromatic rings. The van der Waals surface area contributed by atoms with E-state index in [0.717, 1.165) is 30.5 Å². The molecule has 1 nitrogen and oxygen atoms in total. The minimum absolute atomic E-state index is 0.645. The molecule has 1 N–H and O–H groups in total. The Kier molecular flexibility index (Phi) is 2.27. The summed E-state index contributed by atoms with van der Waals surface area (Å²) in [6.07, 6.45) is 1.82. The SMILES string of the molecule is Fc1cc2c(cc1F)CNCCC2. The Morgan fingerprint density at radius 1 is 1.08 bits per heavy atom. The van der Waals surface area contributed by atoms with Crippen LogP contribution in [0.4, 0.5) is 8.78 Å². The lowest BCUT2D eigenvalue weighted by Crippen LogP contribution is -2.12. The second kappa shape index (κ2) is 3.42. The van der Waals surface area contributed by atoms with Crippen molar-refractivity contribution in [1.82, 2.24) is 5.32 Å². The summed E-state index contributed by atoms with van der Waals surface area (Å²) in [7, 11) is 0. The van der Waals surface area contributed by atoms with E-state index in [1.807, 2.05) is 0 Å². The van der Waals surface area contributed by atoms with Gasteiger partial charge < -0.3 is 5.32 Å². The van der Waals surface area contributed by atoms with E-state index >= 15 is 0 Å². The molecule has 0 atom stereocenters. The highest BCUT2D eigenvalue weighted by molar-refractivity contribution is 5.29. The van der Waals surface area contributed by atoms with Gasteiger partial charge in [-0.3, -0.25) is 0 Å². The highest BCUT2D eigenvalue weighted by Crippen LogP contribution is 2.18. The quantitative estimate of drug-likeness (QED) is 0.648. The van der Waals surface area contributed by atoms with Crippen molar-refractivity contribution in [3.05, 3.63) is 34.9 Å². The Bertz CT molecular complexity index is 292. The van der Waals surface area contributed by atoms with Gasteiger partial charge in [0, 0.05) is 6.54 Å². The highest BCUT2D eigenvalue weighted by atomic mass is 19.2. The average Bonchev–Trinajstić information content (AvgIpc) is 2.31. The summed E-state index contributed by atoms with van der Waals surface area (Å²) in [5.74, 6) is -1.48. The summed E-state index contributed by atoms with van der Waals surface area (Å²) in [5.41, 5.74) is 1.82. The van der Waals surface area contributed by atoms with Crippen LogP contribution in [0.25, 0.3) is 0 Å². The summed E-state index contributed by atoms with van der Waals surface area (Å²) in [6.45, 7) is 1.56. The third-order valence-corrected chi connectivity index (χ3v) is 2.36. The maximum absolute atomic E-state index is 12.8. The summed E-state index contributed by atoms with van der Waals surface area (Å²) < 4.78 is 25.7. The van der Waals surface area contributed by atoms with Crippen molar-refractivity contribution >= 4 is 0 Å². The molecule has 0 amide bonds. The molecule has 1 aliphatic heterocycles. The van der Waals surface area contributed by atoms with E-state index in [9.17, 15) is 8.78 Å². The Morgan fingerprint density at radius 2 is 1.77 bits per heavy atom. The van der Waals surface area contributed by atoms with Gasteiger partial charge in [-0.2, -0.15) is 0 Å². The van der Waals surface area contributed by atoms with Crippen LogP contribution in [-0.2, 0) is 13.0 Å². The van der Waals surface area contributed by atoms with E-state index in [1.54, 1.807) is 0 Å². The largest absolute Gasteiger partial charge is 0.313 e. The van der Waals surface area contributed by atoms with Crippen LogP contribution in [-0.4, -0.2) is 6.54 Å². The number of nitrogens with one attached hydrogen (secondary N) is 1. The molecular weight excluding hydrogens is 172 g/mol. The van der Waals surface area contributed by atoms with Gasteiger partial charge in [0.25, 0.3) is 0 Å². The molecule has 0 radical (unpaired) electrons. The zero-order chi connectivity index (χ0) is 9.26. The molecule has 3 heteroatoms. The van der Waals surface area contributed by atoms with Crippen molar-refractivity contribution in [2.45, 2.75) is 19.4 Å². The van der Waals surface area contributed by atoms with Crippen LogP contribution in [0.15, 0.2) is 12.1 Å². The molecule has 1 aliphatic rings. The fraction of sp³-hybridized carbons (Fsp3) is 0.400. The highest BCUT2D eigenvalue weighted by Gasteiger charge is 2.11. The Labute approximate surface area is 75.8 Å². The third kappa shape index (κ3) is 1.70. The smallest absolute Gasteiger partial charge is 0.159 e. The molecular formula is C10H11F2N. The van der Waals surface area contributed by atoms with Gasteiger partial charge in [0.2, 0.25) is 0 Å². The molecule has 13 heavy (non-hydrogen) atoms. The zero-order valence-electron chi connectivity index (χ0n) is 7.24. The Hall–Kier alpha value is -0.960. The maximum atomic E-state index is 12.8. The van der Waals surface area contributed by atoms with E-state index in [1.165, 1.54) is 12.1 Å². The van der Waals surface area contributed by atoms with Gasteiger partial charge >= 0.3 is 0 Å². The van der Waals surface area contributed by atoms with Gasteiger partial charge in [-0.25, -0.2) is 8.78 Å². The van der Waals surface area contributed by atoms with Gasteiger partial charge in [0.1, 0.15) is 0 Å². The van der Waals surface area contributed by atoms with Crippen LogP contribution in [0.1, 0.15) is 17.5 Å². The minimum atomic E-state index is -0.748. The first-order valence-corrected chi connectivity index (χ1v) is 4.45. The molecule has 0 aromatic heterocycles. The molecule has 0 saturated heterocycles. The summed E-state index contributed by atoms with van der Waals surface area (Å²) in [6, 6.07) is 2.61. The van der Waals surface area contributed by atoms with Gasteiger partial charge in [-0.15, -0.1) is 0 Å². The van der Waals surface area contributed by atoms with Gasteiger partial charge in [-0.05, 0) is 42.6 Å². The molecule has 0 aliphatic carbocycles. The van der Waals surface area contributed by atoms with Crippen LogP contribution < -0.4 is 5.32 Å². The molecule has 0 fully saturated rings. The number of aryl methyl sites for hydroxylation is 1. The van der Waals surface area contributed by atoms with E-state index in [2.05, 4.69) is 5.32 Å². The first-order valence-electron chi connectivity index (χ1n) is 4.45. The molecule has 1 aromatic carbocycles. The molecule has 0 spiro atoms. The monoisotopic (exact) mass is 183 g/mol. The fourth-order valence-electron chi connectivity index (χ4n) is 1.65. The molecule has 0 saturated carbocycles. The molecule has 0 bridgehead atoms. The van der Waals surface area contributed by atoms with E-state index in [4.69, 9.17) is 0 Å². The van der Waals surface area contributed by atoms with Crippen molar-refractivity contribution in [3.8, 4) is 0 Å². The Balaban J connectivity index is 2.43. The van der Waals surface area contributed by atoms with Crippen LogP contribution >= 0.6 is 0 Å². The average molecular weight is 183 g/mol. The van der Waals surface area contributed by atoms with E-state index in [-0.39, 0.29) is 0 Å². The lowest BCUT2D eigenvalue weighted by molar-refractivity contribution is 0.505. The third-order valence-electron chi connectivity index (χ3n) is 2.36. The molecule has 0 unspecified atom stereocenters. The lowest BCUT2D eigenvalue weighted by Gasteiger charge is -2.05. The zero-order valence-corrected chi connectivity index (χ0v) is 7.24. The minimum Gasteiger partial charge on any atom is -0.313 e. The van der Waals surface area contributed by atoms with Crippen LogP contribution in [0.3, 0.4) is 0 Å². The Morgan fingerprint density at radius 3 is 2.54 bits per heavy atom. The summed E-state index contributed by atoms with van der Waals surface area (Å²) in [5, 5.41) is 3.16. The van der Waals surface area contributed by atoms with E-state index in [0.29, 0.717) is 6.54 Å². The number of hydrogen-bond donors (Lipinski definition) is 1. The van der Waals surface area contributed by atoms with Crippen molar-refractivity contribution < 1.29 is 8.78 Å². The number of rotatable bonds is 0. The first-order chi connectivity index (χ1) is 6.27. The normalized spacial score (nSPS) is 16.5. The van der Waals surface area contributed by atoms with Crippen LogP contribution in [0.5, 0.6) is 0 Å². The molecule has 1 heterocycles. The van der Waals surface area contributed by atoms with Gasteiger partial charge in [0.15, 0.2) is 11.6 Å². The number of benzene rings is 1.